The molecule has 0 atom stereocenters. The molecule has 0 aliphatic rings. The number of hydrogen-bond donors (Lipinski definition) is 0. The highest BCUT2D eigenvalue weighted by atomic mass is 35.5. The molecule has 0 radical (unpaired) electrons. The van der Waals surface area contributed by atoms with Gasteiger partial charge in [-0.2, -0.15) is 22.0 Å². The molecule has 0 saturated carbocycles. The van der Waals surface area contributed by atoms with Crippen molar-refractivity contribution in [2.45, 2.75) is 12.1 Å². The molecule has 0 spiro atoms. The number of rotatable bonds is 2. The van der Waals surface area contributed by atoms with Gasteiger partial charge in [-0.25, -0.2) is 0 Å². The zero-order valence-electron chi connectivity index (χ0n) is 7.49. The molecule has 7 heteroatoms. The van der Waals surface area contributed by atoms with E-state index < -0.39 is 23.2 Å². The maximum absolute atomic E-state index is 12.9. The molecular weight excluding hydrogens is 255 g/mol. The van der Waals surface area contributed by atoms with Gasteiger partial charge in [-0.3, -0.25) is 4.79 Å². The number of carbonyl (C=O) groups is 1. The van der Waals surface area contributed by atoms with Gasteiger partial charge in [-0.05, 0) is 18.2 Å². The first kappa shape index (κ1) is 12.9. The van der Waals surface area contributed by atoms with Gasteiger partial charge in [0, 0.05) is 16.1 Å². The molecule has 0 unspecified atom stereocenters. The molecule has 1 rings (SSSR count). The summed E-state index contributed by atoms with van der Waals surface area (Å²) in [7, 11) is 0. The first-order valence-electron chi connectivity index (χ1n) is 3.90. The van der Waals surface area contributed by atoms with E-state index >= 15 is 0 Å². The van der Waals surface area contributed by atoms with Crippen molar-refractivity contribution in [3.05, 3.63) is 34.3 Å². The lowest BCUT2D eigenvalue weighted by atomic mass is 10.0. The summed E-state index contributed by atoms with van der Waals surface area (Å²) in [5.41, 5.74) is -2.19. The van der Waals surface area contributed by atoms with Crippen molar-refractivity contribution in [2.24, 2.45) is 0 Å². The van der Waals surface area contributed by atoms with Gasteiger partial charge >= 0.3 is 12.1 Å². The molecule has 16 heavy (non-hydrogen) atoms. The van der Waals surface area contributed by atoms with Crippen LogP contribution in [0.25, 0.3) is 0 Å². The maximum atomic E-state index is 12.9. The van der Waals surface area contributed by atoms with Crippen molar-refractivity contribution in [2.75, 3.05) is 0 Å². The zero-order chi connectivity index (χ0) is 12.6. The lowest BCUT2D eigenvalue weighted by Gasteiger charge is -2.21. The van der Waals surface area contributed by atoms with E-state index in [2.05, 4.69) is 0 Å². The fourth-order valence-corrected chi connectivity index (χ4v) is 1.23. The van der Waals surface area contributed by atoms with Gasteiger partial charge in [-0.1, -0.05) is 11.6 Å². The van der Waals surface area contributed by atoms with Gasteiger partial charge in [0.15, 0.2) is 6.29 Å². The predicted octanol–water partition coefficient (Wildman–Crippen LogP) is 3.81. The van der Waals surface area contributed by atoms with Crippen LogP contribution in [0.1, 0.15) is 15.9 Å². The minimum atomic E-state index is -5.77. The number of alkyl halides is 5. The molecule has 0 aromatic heterocycles. The van der Waals surface area contributed by atoms with Crippen molar-refractivity contribution >= 4 is 17.9 Å². The van der Waals surface area contributed by atoms with Crippen molar-refractivity contribution in [3.8, 4) is 0 Å². The van der Waals surface area contributed by atoms with Gasteiger partial charge in [0.2, 0.25) is 0 Å². The highest BCUT2D eigenvalue weighted by Crippen LogP contribution is 2.45. The number of hydrogen-bond acceptors (Lipinski definition) is 1. The Balaban J connectivity index is 3.42. The summed E-state index contributed by atoms with van der Waals surface area (Å²) >= 11 is 5.31. The summed E-state index contributed by atoms with van der Waals surface area (Å²) in [6.07, 6.45) is -5.85. The van der Waals surface area contributed by atoms with Crippen LogP contribution in [0.4, 0.5) is 22.0 Å². The van der Waals surface area contributed by atoms with Crippen molar-refractivity contribution < 1.29 is 26.7 Å². The van der Waals surface area contributed by atoms with Crippen LogP contribution in [-0.2, 0) is 5.92 Å². The van der Waals surface area contributed by atoms with Crippen molar-refractivity contribution in [1.29, 1.82) is 0 Å². The lowest BCUT2D eigenvalue weighted by molar-refractivity contribution is -0.289. The number of carbonyl (C=O) groups excluding carboxylic acids is 1. The highest BCUT2D eigenvalue weighted by molar-refractivity contribution is 6.30. The lowest BCUT2D eigenvalue weighted by Crippen LogP contribution is -2.34. The van der Waals surface area contributed by atoms with E-state index in [1.165, 1.54) is 0 Å². The Morgan fingerprint density at radius 1 is 1.12 bits per heavy atom. The molecule has 0 aliphatic carbocycles. The van der Waals surface area contributed by atoms with Gasteiger partial charge in [0.1, 0.15) is 0 Å². The van der Waals surface area contributed by atoms with Gasteiger partial charge in [0.05, 0.1) is 0 Å². The molecule has 0 saturated heterocycles. The van der Waals surface area contributed by atoms with Crippen molar-refractivity contribution in [3.63, 3.8) is 0 Å². The second-order valence-corrected chi connectivity index (χ2v) is 3.36. The van der Waals surface area contributed by atoms with E-state index in [1.807, 2.05) is 0 Å². The largest absolute Gasteiger partial charge is 0.458 e. The molecule has 1 nitrogen and oxygen atoms in total. The molecule has 0 bridgehead atoms. The van der Waals surface area contributed by atoms with Crippen LogP contribution >= 0.6 is 11.6 Å². The monoisotopic (exact) mass is 258 g/mol. The fraction of sp³-hybridized carbons (Fsp3) is 0.222. The Hall–Kier alpha value is -1.17. The predicted molar refractivity (Wildman–Crippen MR) is 46.8 cm³/mol. The minimum absolute atomic E-state index is 0.0781. The van der Waals surface area contributed by atoms with E-state index in [0.717, 1.165) is 12.1 Å². The quantitative estimate of drug-likeness (QED) is 0.582. The number of halogens is 6. The average molecular weight is 259 g/mol. The molecule has 1 aromatic carbocycles. The number of benzene rings is 1. The maximum Gasteiger partial charge on any atom is 0.458 e. The van der Waals surface area contributed by atoms with Crippen LogP contribution in [0, 0.1) is 0 Å². The van der Waals surface area contributed by atoms with E-state index in [-0.39, 0.29) is 11.3 Å². The first-order valence-corrected chi connectivity index (χ1v) is 4.27. The van der Waals surface area contributed by atoms with Gasteiger partial charge in [0.25, 0.3) is 0 Å². The summed E-state index contributed by atoms with van der Waals surface area (Å²) in [6.45, 7) is 0. The van der Waals surface area contributed by atoms with E-state index in [1.54, 1.807) is 0 Å². The van der Waals surface area contributed by atoms with Crippen LogP contribution in [0.2, 0.25) is 5.02 Å². The summed E-state index contributed by atoms with van der Waals surface area (Å²) in [5, 5.41) is -0.301. The third kappa shape index (κ3) is 2.16. The number of aldehydes is 1. The third-order valence-electron chi connectivity index (χ3n) is 1.84. The Kier molecular flexibility index (Phi) is 3.23. The van der Waals surface area contributed by atoms with Crippen LogP contribution in [0.5, 0.6) is 0 Å². The molecule has 0 amide bonds. The van der Waals surface area contributed by atoms with E-state index in [0.29, 0.717) is 6.07 Å². The van der Waals surface area contributed by atoms with Gasteiger partial charge in [-0.15, -0.1) is 0 Å². The van der Waals surface area contributed by atoms with Crippen LogP contribution in [0.3, 0.4) is 0 Å². The summed E-state index contributed by atoms with van der Waals surface area (Å²) in [5.74, 6) is -5.10. The zero-order valence-corrected chi connectivity index (χ0v) is 8.24. The second-order valence-electron chi connectivity index (χ2n) is 2.92. The van der Waals surface area contributed by atoms with E-state index in [4.69, 9.17) is 11.6 Å². The molecule has 0 heterocycles. The molecule has 0 N–H and O–H groups in total. The highest BCUT2D eigenvalue weighted by Gasteiger charge is 2.59. The summed E-state index contributed by atoms with van der Waals surface area (Å²) < 4.78 is 62.1. The SMILES string of the molecule is O=Cc1ccc(Cl)cc1C(F)(F)C(F)(F)F. The normalized spacial score (nSPS) is 12.6. The summed E-state index contributed by atoms with van der Waals surface area (Å²) in [4.78, 5) is 10.4. The summed E-state index contributed by atoms with van der Waals surface area (Å²) in [6, 6.07) is 2.30. The Labute approximate surface area is 91.8 Å². The van der Waals surface area contributed by atoms with E-state index in [9.17, 15) is 26.7 Å². The van der Waals surface area contributed by atoms with Crippen LogP contribution < -0.4 is 0 Å². The van der Waals surface area contributed by atoms with Gasteiger partial charge < -0.3 is 0 Å². The fourth-order valence-electron chi connectivity index (χ4n) is 1.06. The van der Waals surface area contributed by atoms with Crippen LogP contribution in [-0.4, -0.2) is 12.5 Å². The smallest absolute Gasteiger partial charge is 0.298 e. The average Bonchev–Trinajstić information content (AvgIpc) is 2.16. The third-order valence-corrected chi connectivity index (χ3v) is 2.07. The Morgan fingerprint density at radius 3 is 2.12 bits per heavy atom. The first-order chi connectivity index (χ1) is 7.20. The van der Waals surface area contributed by atoms with Crippen molar-refractivity contribution in [1.82, 2.24) is 0 Å². The molecule has 0 aliphatic heterocycles. The molecule has 1 aromatic rings. The minimum Gasteiger partial charge on any atom is -0.298 e. The molecule has 0 fully saturated rings. The topological polar surface area (TPSA) is 17.1 Å². The van der Waals surface area contributed by atoms with Crippen LogP contribution in [0.15, 0.2) is 18.2 Å². The molecular formula is C9H4ClF5O. The second kappa shape index (κ2) is 4.01. The Bertz CT molecular complexity index is 413. The standard InChI is InChI=1S/C9H4ClF5O/c10-6-2-1-5(4-16)7(3-6)8(11,12)9(13,14)15/h1-4H. The molecule has 88 valence electrons. The Morgan fingerprint density at radius 2 is 1.69 bits per heavy atom.